The van der Waals surface area contributed by atoms with Gasteiger partial charge in [0.1, 0.15) is 30.5 Å². The standard InChI is InChI=1S/C40H76O9/c1-5-31(4)25-21-17-13-11-15-19-23-27-34(43)36(44)32(29-48-40-39(47)38(46)37(45)35(28-41)49-40)33(42)26-22-18-14-10-8-6-7-9-12-16-20-24-30(2)3/h22,26,30-35,37-43,45-47H,5-21,23-25,27-29H2,1-4H3/b26-22+/t31?,32-,33+,34+,35+,37-,38-,39+,40+/m0/s1. The SMILES string of the molecule is CCC(C)CCCCCCCCC[C@@H](O)C(=O)[C@@H](CO[C@@H]1O[C@H](CO)[C@H](O)[C@H](O)[C@H]1O)[C@H](O)/C=C/CCCCCCCCCCCC(C)C. The van der Waals surface area contributed by atoms with E-state index in [4.69, 9.17) is 9.47 Å². The monoisotopic (exact) mass is 701 g/mol. The largest absolute Gasteiger partial charge is 0.394 e. The molecule has 1 rings (SSSR count). The Labute approximate surface area is 298 Å². The van der Waals surface area contributed by atoms with Gasteiger partial charge >= 0.3 is 0 Å². The number of rotatable bonds is 31. The number of allylic oxidation sites excluding steroid dienone is 1. The Bertz CT molecular complexity index is 820. The van der Waals surface area contributed by atoms with Crippen molar-refractivity contribution in [2.75, 3.05) is 13.2 Å². The predicted octanol–water partition coefficient (Wildman–Crippen LogP) is 6.77. The summed E-state index contributed by atoms with van der Waals surface area (Å²) in [5.41, 5.74) is 0. The van der Waals surface area contributed by atoms with Crippen LogP contribution in [0.5, 0.6) is 0 Å². The molecule has 0 bridgehead atoms. The maximum absolute atomic E-state index is 13.4. The summed E-state index contributed by atoms with van der Waals surface area (Å²) in [4.78, 5) is 13.4. The number of hydrogen-bond donors (Lipinski definition) is 6. The number of aliphatic hydroxyl groups is 6. The van der Waals surface area contributed by atoms with Gasteiger partial charge in [-0.15, -0.1) is 0 Å². The second-order valence-electron chi connectivity index (χ2n) is 15.2. The number of hydrogen-bond acceptors (Lipinski definition) is 9. The third-order valence-electron chi connectivity index (χ3n) is 10.3. The molecule has 0 aromatic carbocycles. The van der Waals surface area contributed by atoms with Crippen molar-refractivity contribution in [2.45, 2.75) is 205 Å². The van der Waals surface area contributed by atoms with Crippen LogP contribution >= 0.6 is 0 Å². The highest BCUT2D eigenvalue weighted by Gasteiger charge is 2.44. The fourth-order valence-corrected chi connectivity index (χ4v) is 6.48. The van der Waals surface area contributed by atoms with Gasteiger partial charge in [-0.2, -0.15) is 0 Å². The quantitative estimate of drug-likeness (QED) is 0.0339. The highest BCUT2D eigenvalue weighted by molar-refractivity contribution is 5.86. The van der Waals surface area contributed by atoms with E-state index in [1.165, 1.54) is 83.5 Å². The number of aliphatic hydroxyl groups excluding tert-OH is 6. The first-order chi connectivity index (χ1) is 23.5. The summed E-state index contributed by atoms with van der Waals surface area (Å²) >= 11 is 0. The maximum Gasteiger partial charge on any atom is 0.186 e. The molecule has 0 radical (unpaired) electrons. The number of carbonyl (C=O) groups is 1. The first-order valence-corrected chi connectivity index (χ1v) is 20.0. The van der Waals surface area contributed by atoms with Crippen LogP contribution in [0.25, 0.3) is 0 Å². The van der Waals surface area contributed by atoms with Crippen LogP contribution in [0.3, 0.4) is 0 Å². The van der Waals surface area contributed by atoms with Crippen molar-refractivity contribution in [1.29, 1.82) is 0 Å². The Morgan fingerprint density at radius 1 is 0.714 bits per heavy atom. The summed E-state index contributed by atoms with van der Waals surface area (Å²) in [5, 5.41) is 61.9. The van der Waals surface area contributed by atoms with E-state index in [-0.39, 0.29) is 13.0 Å². The van der Waals surface area contributed by atoms with E-state index < -0.39 is 61.2 Å². The van der Waals surface area contributed by atoms with Crippen molar-refractivity contribution >= 4 is 5.78 Å². The van der Waals surface area contributed by atoms with Gasteiger partial charge in [-0.25, -0.2) is 0 Å². The second kappa shape index (κ2) is 28.6. The van der Waals surface area contributed by atoms with Crippen LogP contribution in [0.15, 0.2) is 12.2 Å². The van der Waals surface area contributed by atoms with Crippen LogP contribution in [0.2, 0.25) is 0 Å². The molecule has 0 aliphatic carbocycles. The van der Waals surface area contributed by atoms with Crippen LogP contribution in [0.4, 0.5) is 0 Å². The van der Waals surface area contributed by atoms with E-state index in [0.717, 1.165) is 50.4 Å². The molecule has 9 atom stereocenters. The van der Waals surface area contributed by atoms with Crippen molar-refractivity contribution in [3.05, 3.63) is 12.2 Å². The zero-order valence-corrected chi connectivity index (χ0v) is 31.6. The molecule has 290 valence electrons. The molecule has 0 saturated carbocycles. The summed E-state index contributed by atoms with van der Waals surface area (Å²) in [7, 11) is 0. The van der Waals surface area contributed by atoms with Crippen molar-refractivity contribution in [2.24, 2.45) is 17.8 Å². The third-order valence-corrected chi connectivity index (χ3v) is 10.3. The lowest BCUT2D eigenvalue weighted by Crippen LogP contribution is -2.59. The Morgan fingerprint density at radius 3 is 1.76 bits per heavy atom. The molecule has 49 heavy (non-hydrogen) atoms. The average molecular weight is 701 g/mol. The molecule has 1 saturated heterocycles. The smallest absolute Gasteiger partial charge is 0.186 e. The number of Topliss-reactive ketones (excluding diaryl/α,β-unsaturated/α-hetero) is 1. The van der Waals surface area contributed by atoms with Gasteiger partial charge in [0.15, 0.2) is 12.1 Å². The fraction of sp³-hybridized carbons (Fsp3) is 0.925. The second-order valence-corrected chi connectivity index (χ2v) is 15.2. The van der Waals surface area contributed by atoms with Gasteiger partial charge in [0.2, 0.25) is 0 Å². The molecule has 0 spiro atoms. The Hall–Kier alpha value is -0.910. The lowest BCUT2D eigenvalue weighted by Gasteiger charge is -2.40. The number of ether oxygens (including phenoxy) is 2. The van der Waals surface area contributed by atoms with Gasteiger partial charge in [-0.05, 0) is 31.1 Å². The molecule has 1 unspecified atom stereocenters. The van der Waals surface area contributed by atoms with Crippen LogP contribution < -0.4 is 0 Å². The maximum atomic E-state index is 13.4. The van der Waals surface area contributed by atoms with Crippen LogP contribution in [0.1, 0.15) is 163 Å². The fourth-order valence-electron chi connectivity index (χ4n) is 6.48. The number of carbonyl (C=O) groups excluding carboxylic acids is 1. The summed E-state index contributed by atoms with van der Waals surface area (Å²) in [5.74, 6) is -0.0829. The normalized spacial score (nSPS) is 24.0. The number of unbranched alkanes of at least 4 members (excludes halogenated alkanes) is 15. The van der Waals surface area contributed by atoms with E-state index in [1.807, 2.05) is 6.08 Å². The minimum atomic E-state index is -1.62. The Balaban J connectivity index is 2.55. The van der Waals surface area contributed by atoms with E-state index in [0.29, 0.717) is 6.42 Å². The van der Waals surface area contributed by atoms with Gasteiger partial charge < -0.3 is 40.1 Å². The molecule has 9 nitrogen and oxygen atoms in total. The Kier molecular flexibility index (Phi) is 27.0. The molecule has 0 amide bonds. The molecular weight excluding hydrogens is 624 g/mol. The molecule has 0 aromatic heterocycles. The third kappa shape index (κ3) is 20.7. The van der Waals surface area contributed by atoms with Crippen LogP contribution in [-0.2, 0) is 14.3 Å². The van der Waals surface area contributed by atoms with Gasteiger partial charge in [0, 0.05) is 0 Å². The zero-order valence-electron chi connectivity index (χ0n) is 31.6. The van der Waals surface area contributed by atoms with Gasteiger partial charge in [-0.1, -0.05) is 155 Å². The summed E-state index contributed by atoms with van der Waals surface area (Å²) in [6.45, 7) is 8.11. The molecule has 1 heterocycles. The van der Waals surface area contributed by atoms with E-state index in [9.17, 15) is 35.4 Å². The lowest BCUT2D eigenvalue weighted by molar-refractivity contribution is -0.303. The summed E-state index contributed by atoms with van der Waals surface area (Å²) in [6, 6.07) is 0. The van der Waals surface area contributed by atoms with Crippen molar-refractivity contribution < 1.29 is 44.9 Å². The Morgan fingerprint density at radius 2 is 1.22 bits per heavy atom. The predicted molar refractivity (Wildman–Crippen MR) is 196 cm³/mol. The van der Waals surface area contributed by atoms with E-state index in [2.05, 4.69) is 27.7 Å². The zero-order chi connectivity index (χ0) is 36.4. The number of ketones is 1. The summed E-state index contributed by atoms with van der Waals surface area (Å²) in [6.07, 6.45) is 17.1. The van der Waals surface area contributed by atoms with Crippen molar-refractivity contribution in [1.82, 2.24) is 0 Å². The molecular formula is C40H76O9. The minimum absolute atomic E-state index is 0.289. The van der Waals surface area contributed by atoms with Crippen molar-refractivity contribution in [3.8, 4) is 0 Å². The van der Waals surface area contributed by atoms with E-state index >= 15 is 0 Å². The molecule has 6 N–H and O–H groups in total. The molecule has 1 aliphatic heterocycles. The minimum Gasteiger partial charge on any atom is -0.394 e. The topological polar surface area (TPSA) is 157 Å². The summed E-state index contributed by atoms with van der Waals surface area (Å²) < 4.78 is 11.1. The first-order valence-electron chi connectivity index (χ1n) is 20.0. The molecule has 1 aliphatic rings. The van der Waals surface area contributed by atoms with Gasteiger partial charge in [0.05, 0.1) is 25.2 Å². The van der Waals surface area contributed by atoms with Gasteiger partial charge in [-0.3, -0.25) is 4.79 Å². The average Bonchev–Trinajstić information content (AvgIpc) is 3.08. The van der Waals surface area contributed by atoms with Crippen LogP contribution in [0, 0.1) is 17.8 Å². The molecule has 9 heteroatoms. The molecule has 1 fully saturated rings. The highest BCUT2D eigenvalue weighted by Crippen LogP contribution is 2.24. The molecule has 0 aromatic rings. The lowest BCUT2D eigenvalue weighted by atomic mass is 9.91. The van der Waals surface area contributed by atoms with Gasteiger partial charge in [0.25, 0.3) is 0 Å². The van der Waals surface area contributed by atoms with Crippen LogP contribution in [-0.4, -0.2) is 92.5 Å². The van der Waals surface area contributed by atoms with E-state index in [1.54, 1.807) is 6.08 Å². The highest BCUT2D eigenvalue weighted by atomic mass is 16.7. The first kappa shape index (κ1) is 46.1. The van der Waals surface area contributed by atoms with Crippen molar-refractivity contribution in [3.63, 3.8) is 0 Å².